The molecule has 1 aliphatic heterocycles. The topological polar surface area (TPSA) is 105 Å². The molecule has 9 heteroatoms. The molecule has 1 aromatic rings. The van der Waals surface area contributed by atoms with Crippen LogP contribution < -0.4 is 10.6 Å². The number of carbonyl (C=O) groups excluding carboxylic acids is 2. The zero-order chi connectivity index (χ0) is 17.0. The van der Waals surface area contributed by atoms with Gasteiger partial charge in [-0.25, -0.2) is 0 Å². The minimum Gasteiger partial charge on any atom is -0.375 e. The summed E-state index contributed by atoms with van der Waals surface area (Å²) in [5, 5.41) is 16.2. The van der Waals surface area contributed by atoms with Gasteiger partial charge in [-0.3, -0.25) is 19.7 Å². The first kappa shape index (κ1) is 17.0. The molecule has 0 unspecified atom stereocenters. The highest BCUT2D eigenvalue weighted by Crippen LogP contribution is 2.26. The van der Waals surface area contributed by atoms with E-state index in [9.17, 15) is 19.7 Å². The Balaban J connectivity index is 1.99. The lowest BCUT2D eigenvalue weighted by atomic mass is 10.2. The molecule has 0 aromatic heterocycles. The Bertz CT molecular complexity index is 637. The highest BCUT2D eigenvalue weighted by molar-refractivity contribution is 6.33. The lowest BCUT2D eigenvalue weighted by Crippen LogP contribution is -2.46. The largest absolute Gasteiger partial charge is 0.375 e. The Morgan fingerprint density at radius 1 is 1.48 bits per heavy atom. The predicted octanol–water partition coefficient (Wildman–Crippen LogP) is 1.40. The quantitative estimate of drug-likeness (QED) is 0.622. The van der Waals surface area contributed by atoms with E-state index in [1.807, 2.05) is 0 Å². The molecule has 1 fully saturated rings. The third-order valence-electron chi connectivity index (χ3n) is 3.72. The van der Waals surface area contributed by atoms with Crippen molar-refractivity contribution in [2.24, 2.45) is 0 Å². The van der Waals surface area contributed by atoms with Gasteiger partial charge >= 0.3 is 0 Å². The number of carbonyl (C=O) groups is 2. The van der Waals surface area contributed by atoms with Gasteiger partial charge < -0.3 is 15.5 Å². The number of non-ortho nitro benzene ring substituents is 1. The summed E-state index contributed by atoms with van der Waals surface area (Å²) in [6.07, 6.45) is 1.42. The summed E-state index contributed by atoms with van der Waals surface area (Å²) in [5.74, 6) is -0.394. The van der Waals surface area contributed by atoms with Crippen LogP contribution in [0.5, 0.6) is 0 Å². The molecular weight excluding hydrogens is 324 g/mol. The predicted molar refractivity (Wildman–Crippen MR) is 85.4 cm³/mol. The summed E-state index contributed by atoms with van der Waals surface area (Å²) in [5.41, 5.74) is 0.312. The number of amides is 2. The van der Waals surface area contributed by atoms with Gasteiger partial charge in [0.25, 0.3) is 5.69 Å². The van der Waals surface area contributed by atoms with Gasteiger partial charge in [0.1, 0.15) is 6.04 Å². The first-order chi connectivity index (χ1) is 10.9. The number of nitro benzene ring substituents is 1. The molecule has 8 nitrogen and oxygen atoms in total. The molecule has 0 spiro atoms. The number of hydrogen-bond acceptors (Lipinski definition) is 5. The molecule has 1 aliphatic rings. The molecule has 0 aliphatic carbocycles. The minimum absolute atomic E-state index is 0.0367. The highest BCUT2D eigenvalue weighted by Gasteiger charge is 2.33. The Morgan fingerprint density at radius 3 is 2.83 bits per heavy atom. The van der Waals surface area contributed by atoms with Gasteiger partial charge in [0.05, 0.1) is 22.2 Å². The summed E-state index contributed by atoms with van der Waals surface area (Å²) in [6, 6.07) is 3.54. The Labute approximate surface area is 137 Å². The van der Waals surface area contributed by atoms with Crippen LogP contribution in [0.25, 0.3) is 0 Å². The third-order valence-corrected chi connectivity index (χ3v) is 4.03. The van der Waals surface area contributed by atoms with Crippen molar-refractivity contribution in [3.63, 3.8) is 0 Å². The maximum absolute atomic E-state index is 12.3. The van der Waals surface area contributed by atoms with E-state index in [0.29, 0.717) is 18.7 Å². The molecule has 1 aromatic carbocycles. The molecule has 1 heterocycles. The van der Waals surface area contributed by atoms with Crippen LogP contribution in [-0.2, 0) is 9.59 Å². The Kier molecular flexibility index (Phi) is 5.38. The normalized spacial score (nSPS) is 17.0. The van der Waals surface area contributed by atoms with Gasteiger partial charge in [-0.2, -0.15) is 0 Å². The van der Waals surface area contributed by atoms with E-state index in [4.69, 9.17) is 11.6 Å². The van der Waals surface area contributed by atoms with E-state index < -0.39 is 11.0 Å². The fraction of sp³-hybridized carbons (Fsp3) is 0.429. The third kappa shape index (κ3) is 3.89. The standard InChI is InChI=1S/C14H17ClN4O4/c1-16-14(21)12-3-2-6-18(12)13(20)8-17-11-5-4-9(19(22)23)7-10(11)15/h4-5,7,12,17H,2-3,6,8H2,1H3,(H,16,21)/t12-/m0/s1. The van der Waals surface area contributed by atoms with Crippen LogP contribution >= 0.6 is 11.6 Å². The van der Waals surface area contributed by atoms with Crippen molar-refractivity contribution in [1.29, 1.82) is 0 Å². The monoisotopic (exact) mass is 340 g/mol. The van der Waals surface area contributed by atoms with Gasteiger partial charge in [-0.15, -0.1) is 0 Å². The van der Waals surface area contributed by atoms with Crippen LogP contribution in [0.4, 0.5) is 11.4 Å². The summed E-state index contributed by atoms with van der Waals surface area (Å²) < 4.78 is 0. The Morgan fingerprint density at radius 2 is 2.22 bits per heavy atom. The summed E-state index contributed by atoms with van der Waals surface area (Å²) >= 11 is 5.96. The van der Waals surface area contributed by atoms with E-state index in [1.165, 1.54) is 30.1 Å². The van der Waals surface area contributed by atoms with Crippen LogP contribution in [0.2, 0.25) is 5.02 Å². The van der Waals surface area contributed by atoms with Crippen molar-refractivity contribution >= 4 is 34.8 Å². The fourth-order valence-electron chi connectivity index (χ4n) is 2.54. The second kappa shape index (κ2) is 7.28. The number of likely N-dealkylation sites (N-methyl/N-ethyl adjacent to an activating group) is 1. The number of nitrogens with one attached hydrogen (secondary N) is 2. The van der Waals surface area contributed by atoms with Gasteiger partial charge in [0.15, 0.2) is 0 Å². The molecule has 2 rings (SSSR count). The molecule has 124 valence electrons. The lowest BCUT2D eigenvalue weighted by molar-refractivity contribution is -0.384. The van der Waals surface area contributed by atoms with E-state index in [0.717, 1.165) is 6.42 Å². The number of nitrogens with zero attached hydrogens (tertiary/aromatic N) is 2. The molecular formula is C14H17ClN4O4. The number of hydrogen-bond donors (Lipinski definition) is 2. The van der Waals surface area contributed by atoms with Gasteiger partial charge in [-0.05, 0) is 18.9 Å². The minimum atomic E-state index is -0.543. The van der Waals surface area contributed by atoms with Crippen molar-refractivity contribution in [3.8, 4) is 0 Å². The molecule has 1 atom stereocenters. The number of likely N-dealkylation sites (tertiary alicyclic amines) is 1. The van der Waals surface area contributed by atoms with E-state index >= 15 is 0 Å². The molecule has 2 amide bonds. The summed E-state index contributed by atoms with van der Waals surface area (Å²) in [6.45, 7) is 0.498. The molecule has 0 radical (unpaired) electrons. The van der Waals surface area contributed by atoms with Crippen molar-refractivity contribution in [2.45, 2.75) is 18.9 Å². The number of anilines is 1. The average molecular weight is 341 g/mol. The van der Waals surface area contributed by atoms with Crippen LogP contribution in [0, 0.1) is 10.1 Å². The lowest BCUT2D eigenvalue weighted by Gasteiger charge is -2.23. The van der Waals surface area contributed by atoms with Crippen LogP contribution in [0.1, 0.15) is 12.8 Å². The number of nitro groups is 1. The first-order valence-corrected chi connectivity index (χ1v) is 7.50. The van der Waals surface area contributed by atoms with Crippen molar-refractivity contribution < 1.29 is 14.5 Å². The van der Waals surface area contributed by atoms with E-state index in [1.54, 1.807) is 0 Å². The zero-order valence-electron chi connectivity index (χ0n) is 12.5. The highest BCUT2D eigenvalue weighted by atomic mass is 35.5. The van der Waals surface area contributed by atoms with Crippen molar-refractivity contribution in [3.05, 3.63) is 33.3 Å². The summed E-state index contributed by atoms with van der Waals surface area (Å²) in [7, 11) is 1.54. The molecule has 2 N–H and O–H groups in total. The smallest absolute Gasteiger partial charge is 0.271 e. The molecule has 1 saturated heterocycles. The van der Waals surface area contributed by atoms with E-state index in [-0.39, 0.29) is 29.1 Å². The van der Waals surface area contributed by atoms with E-state index in [2.05, 4.69) is 10.6 Å². The maximum Gasteiger partial charge on any atom is 0.271 e. The van der Waals surface area contributed by atoms with Gasteiger partial charge in [0, 0.05) is 25.7 Å². The van der Waals surface area contributed by atoms with Crippen LogP contribution in [0.15, 0.2) is 18.2 Å². The number of rotatable bonds is 5. The molecule has 0 saturated carbocycles. The SMILES string of the molecule is CNC(=O)[C@@H]1CCCN1C(=O)CNc1ccc([N+](=O)[O-])cc1Cl. The first-order valence-electron chi connectivity index (χ1n) is 7.13. The second-order valence-corrected chi connectivity index (χ2v) is 5.54. The Hall–Kier alpha value is -2.35. The summed E-state index contributed by atoms with van der Waals surface area (Å²) in [4.78, 5) is 35.7. The van der Waals surface area contributed by atoms with Crippen molar-refractivity contribution in [2.75, 3.05) is 25.5 Å². The fourth-order valence-corrected chi connectivity index (χ4v) is 2.78. The average Bonchev–Trinajstić information content (AvgIpc) is 3.02. The van der Waals surface area contributed by atoms with Gasteiger partial charge in [0.2, 0.25) is 11.8 Å². The second-order valence-electron chi connectivity index (χ2n) is 5.13. The number of halogens is 1. The van der Waals surface area contributed by atoms with Crippen molar-refractivity contribution in [1.82, 2.24) is 10.2 Å². The molecule has 0 bridgehead atoms. The molecule has 23 heavy (non-hydrogen) atoms. The number of benzene rings is 1. The maximum atomic E-state index is 12.3. The van der Waals surface area contributed by atoms with Gasteiger partial charge in [-0.1, -0.05) is 11.6 Å². The van der Waals surface area contributed by atoms with Crippen LogP contribution in [-0.4, -0.2) is 47.8 Å². The van der Waals surface area contributed by atoms with Crippen LogP contribution in [0.3, 0.4) is 0 Å². The zero-order valence-corrected chi connectivity index (χ0v) is 13.3.